The van der Waals surface area contributed by atoms with Crippen LogP contribution in [0.5, 0.6) is 0 Å². The van der Waals surface area contributed by atoms with Crippen LogP contribution in [-0.2, 0) is 4.74 Å². The average Bonchev–Trinajstić information content (AvgIpc) is 2.87. The van der Waals surface area contributed by atoms with Gasteiger partial charge in [-0.3, -0.25) is 0 Å². The Hall–Kier alpha value is -1.85. The summed E-state index contributed by atoms with van der Waals surface area (Å²) in [6.07, 6.45) is 0. The van der Waals surface area contributed by atoms with E-state index in [1.54, 1.807) is 11.4 Å². The average molecular weight is 297 g/mol. The summed E-state index contributed by atoms with van der Waals surface area (Å²) >= 11 is 7.27. The van der Waals surface area contributed by atoms with Crippen molar-refractivity contribution in [3.05, 3.63) is 45.1 Å². The third-order valence-corrected chi connectivity index (χ3v) is 3.75. The topological polar surface area (TPSA) is 63.6 Å². The minimum atomic E-state index is -1.03. The number of halogens is 1. The number of benzene rings is 1. The summed E-state index contributed by atoms with van der Waals surface area (Å²) in [6.45, 7) is 0. The van der Waals surface area contributed by atoms with Gasteiger partial charge in [-0.1, -0.05) is 11.6 Å². The summed E-state index contributed by atoms with van der Waals surface area (Å²) in [5.74, 6) is -1.46. The van der Waals surface area contributed by atoms with Crippen LogP contribution in [0.25, 0.3) is 11.1 Å². The van der Waals surface area contributed by atoms with Gasteiger partial charge >= 0.3 is 11.9 Å². The van der Waals surface area contributed by atoms with E-state index in [4.69, 9.17) is 16.7 Å². The zero-order valence-electron chi connectivity index (χ0n) is 9.84. The Balaban J connectivity index is 2.46. The molecule has 1 aromatic carbocycles. The number of carbonyl (C=O) groups is 2. The number of ether oxygens (including phenoxy) is 1. The number of esters is 1. The Bertz CT molecular complexity index is 648. The quantitative estimate of drug-likeness (QED) is 0.880. The molecule has 0 radical (unpaired) electrons. The van der Waals surface area contributed by atoms with Gasteiger partial charge in [0.15, 0.2) is 0 Å². The van der Waals surface area contributed by atoms with Crippen LogP contribution in [0.15, 0.2) is 29.6 Å². The molecule has 1 heterocycles. The summed E-state index contributed by atoms with van der Waals surface area (Å²) in [4.78, 5) is 22.8. The lowest BCUT2D eigenvalue weighted by Crippen LogP contribution is -1.97. The molecule has 0 saturated heterocycles. The second-order valence-electron chi connectivity index (χ2n) is 3.69. The number of hydrogen-bond acceptors (Lipinski definition) is 4. The van der Waals surface area contributed by atoms with E-state index < -0.39 is 11.9 Å². The maximum Gasteiger partial charge on any atom is 0.348 e. The Labute approximate surface area is 118 Å². The fourth-order valence-corrected chi connectivity index (χ4v) is 2.61. The van der Waals surface area contributed by atoms with Crippen molar-refractivity contribution in [1.82, 2.24) is 0 Å². The van der Waals surface area contributed by atoms with Crippen LogP contribution >= 0.6 is 22.9 Å². The van der Waals surface area contributed by atoms with Gasteiger partial charge in [0.25, 0.3) is 0 Å². The smallest absolute Gasteiger partial charge is 0.348 e. The third-order valence-electron chi connectivity index (χ3n) is 2.51. The lowest BCUT2D eigenvalue weighted by molar-refractivity contribution is 0.0605. The molecule has 0 aliphatic carbocycles. The van der Waals surface area contributed by atoms with Crippen molar-refractivity contribution in [1.29, 1.82) is 0 Å². The number of carboxylic acids is 1. The van der Waals surface area contributed by atoms with Crippen molar-refractivity contribution in [2.45, 2.75) is 0 Å². The zero-order chi connectivity index (χ0) is 14.0. The summed E-state index contributed by atoms with van der Waals surface area (Å²) in [5, 5.41) is 11.1. The summed E-state index contributed by atoms with van der Waals surface area (Å²) in [6, 6.07) is 6.06. The molecule has 0 amide bonds. The first-order chi connectivity index (χ1) is 9.02. The highest BCUT2D eigenvalue weighted by Gasteiger charge is 2.13. The van der Waals surface area contributed by atoms with E-state index in [1.807, 2.05) is 0 Å². The molecule has 1 aromatic heterocycles. The minimum Gasteiger partial charge on any atom is -0.478 e. The molecular weight excluding hydrogens is 288 g/mol. The van der Waals surface area contributed by atoms with Gasteiger partial charge < -0.3 is 9.84 Å². The maximum absolute atomic E-state index is 11.4. The number of methoxy groups -OCH3 is 1. The van der Waals surface area contributed by atoms with Crippen LogP contribution in [0.4, 0.5) is 0 Å². The van der Waals surface area contributed by atoms with Crippen molar-refractivity contribution in [2.24, 2.45) is 0 Å². The van der Waals surface area contributed by atoms with Crippen LogP contribution in [0.1, 0.15) is 20.0 Å². The number of carbonyl (C=O) groups excluding carboxylic acids is 1. The highest BCUT2D eigenvalue weighted by molar-refractivity contribution is 7.12. The van der Waals surface area contributed by atoms with Crippen molar-refractivity contribution in [3.63, 3.8) is 0 Å². The SMILES string of the molecule is COC(=O)c1cc(-c2cc(C(=O)O)ccc2Cl)cs1. The predicted molar refractivity (Wildman–Crippen MR) is 73.1 cm³/mol. The number of thiophene rings is 1. The monoisotopic (exact) mass is 296 g/mol. The van der Waals surface area contributed by atoms with Crippen molar-refractivity contribution < 1.29 is 19.4 Å². The molecule has 98 valence electrons. The molecule has 0 bridgehead atoms. The molecule has 6 heteroatoms. The molecule has 4 nitrogen and oxygen atoms in total. The molecule has 0 spiro atoms. The first-order valence-electron chi connectivity index (χ1n) is 5.23. The van der Waals surface area contributed by atoms with Crippen LogP contribution in [0, 0.1) is 0 Å². The minimum absolute atomic E-state index is 0.144. The Morgan fingerprint density at radius 2 is 2.05 bits per heavy atom. The van der Waals surface area contributed by atoms with E-state index >= 15 is 0 Å². The standard InChI is InChI=1S/C13H9ClO4S/c1-18-13(17)11-5-8(6-19-11)9-4-7(12(15)16)2-3-10(9)14/h2-6H,1H3,(H,15,16). The molecule has 19 heavy (non-hydrogen) atoms. The molecular formula is C13H9ClO4S. The van der Waals surface area contributed by atoms with Gasteiger partial charge in [-0.15, -0.1) is 11.3 Å². The largest absolute Gasteiger partial charge is 0.478 e. The van der Waals surface area contributed by atoms with Crippen molar-refractivity contribution in [3.8, 4) is 11.1 Å². The lowest BCUT2D eigenvalue weighted by atomic mass is 10.1. The molecule has 0 unspecified atom stereocenters. The van der Waals surface area contributed by atoms with Gasteiger partial charge in [0.1, 0.15) is 4.88 Å². The van der Waals surface area contributed by atoms with E-state index in [0.29, 0.717) is 21.0 Å². The number of hydrogen-bond donors (Lipinski definition) is 1. The number of aromatic carboxylic acids is 1. The Morgan fingerprint density at radius 1 is 1.32 bits per heavy atom. The first-order valence-corrected chi connectivity index (χ1v) is 6.48. The molecule has 2 rings (SSSR count). The number of rotatable bonds is 3. The summed E-state index contributed by atoms with van der Waals surface area (Å²) < 4.78 is 4.62. The highest BCUT2D eigenvalue weighted by Crippen LogP contribution is 2.32. The van der Waals surface area contributed by atoms with Crippen molar-refractivity contribution >= 4 is 34.9 Å². The molecule has 0 aliphatic heterocycles. The van der Waals surface area contributed by atoms with Crippen LogP contribution < -0.4 is 0 Å². The third kappa shape index (κ3) is 2.77. The number of carboxylic acid groups (broad SMARTS) is 1. The van der Waals surface area contributed by atoms with Gasteiger partial charge in [0.2, 0.25) is 0 Å². The molecule has 0 fully saturated rings. The highest BCUT2D eigenvalue weighted by atomic mass is 35.5. The Morgan fingerprint density at radius 3 is 2.68 bits per heavy atom. The lowest BCUT2D eigenvalue weighted by Gasteiger charge is -2.03. The Kier molecular flexibility index (Phi) is 3.87. The van der Waals surface area contributed by atoms with E-state index in [1.165, 1.54) is 36.6 Å². The maximum atomic E-state index is 11.4. The van der Waals surface area contributed by atoms with Crippen LogP contribution in [-0.4, -0.2) is 24.2 Å². The second kappa shape index (κ2) is 5.42. The van der Waals surface area contributed by atoms with Gasteiger partial charge in [0.05, 0.1) is 12.7 Å². The van der Waals surface area contributed by atoms with E-state index in [9.17, 15) is 9.59 Å². The van der Waals surface area contributed by atoms with Crippen LogP contribution in [0.2, 0.25) is 5.02 Å². The van der Waals surface area contributed by atoms with Gasteiger partial charge in [-0.25, -0.2) is 9.59 Å². The molecule has 0 aliphatic rings. The fourth-order valence-electron chi connectivity index (χ4n) is 1.56. The van der Waals surface area contributed by atoms with Gasteiger partial charge in [0, 0.05) is 10.6 Å². The van der Waals surface area contributed by atoms with Gasteiger partial charge in [-0.2, -0.15) is 0 Å². The van der Waals surface area contributed by atoms with Crippen LogP contribution in [0.3, 0.4) is 0 Å². The van der Waals surface area contributed by atoms with Crippen molar-refractivity contribution in [2.75, 3.05) is 7.11 Å². The predicted octanol–water partition coefficient (Wildman–Crippen LogP) is 3.55. The van der Waals surface area contributed by atoms with Gasteiger partial charge in [-0.05, 0) is 35.2 Å². The molecule has 0 saturated carbocycles. The van der Waals surface area contributed by atoms with E-state index in [0.717, 1.165) is 0 Å². The molecule has 2 aromatic rings. The summed E-state index contributed by atoms with van der Waals surface area (Å²) in [7, 11) is 1.31. The van der Waals surface area contributed by atoms with E-state index in [-0.39, 0.29) is 5.56 Å². The molecule has 0 atom stereocenters. The summed E-state index contributed by atoms with van der Waals surface area (Å²) in [5.41, 5.74) is 1.41. The fraction of sp³-hybridized carbons (Fsp3) is 0.0769. The second-order valence-corrected chi connectivity index (χ2v) is 5.01. The normalized spacial score (nSPS) is 10.2. The zero-order valence-corrected chi connectivity index (χ0v) is 11.4. The van der Waals surface area contributed by atoms with E-state index in [2.05, 4.69) is 4.74 Å². The molecule has 1 N–H and O–H groups in total. The first kappa shape index (κ1) is 13.6.